The third-order valence-corrected chi connectivity index (χ3v) is 7.97. The Morgan fingerprint density at radius 3 is 2.07 bits per heavy atom. The van der Waals surface area contributed by atoms with Crippen molar-refractivity contribution < 1.29 is 14.3 Å². The first-order valence-corrected chi connectivity index (χ1v) is 11.3. The zero-order valence-corrected chi connectivity index (χ0v) is 17.9. The maximum atomic E-state index is 13.6. The molecule has 3 nitrogen and oxygen atoms in total. The maximum absolute atomic E-state index is 13.6. The van der Waals surface area contributed by atoms with E-state index in [0.29, 0.717) is 17.4 Å². The summed E-state index contributed by atoms with van der Waals surface area (Å²) in [4.78, 5) is 26.8. The minimum Gasteiger partial charge on any atom is -0.449 e. The number of Topliss-reactive ketones (excluding diaryl/α,β-unsaturated/α-hetero) is 1. The van der Waals surface area contributed by atoms with Gasteiger partial charge in [-0.25, -0.2) is 0 Å². The third-order valence-electron chi connectivity index (χ3n) is 7.05. The molecule has 0 aliphatic heterocycles. The van der Waals surface area contributed by atoms with Crippen LogP contribution in [-0.4, -0.2) is 16.1 Å². The Morgan fingerprint density at radius 1 is 0.897 bits per heavy atom. The van der Waals surface area contributed by atoms with Crippen molar-refractivity contribution in [1.29, 1.82) is 0 Å². The van der Waals surface area contributed by atoms with Crippen LogP contribution in [0.25, 0.3) is 0 Å². The molecule has 29 heavy (non-hydrogen) atoms. The molecule has 4 saturated carbocycles. The molecule has 150 valence electrons. The SMILES string of the molecule is O=C(c1ccccc1)[C@H](OC(=O)C12C[C@@H]3C[C@@H](CC(Br)(C3)C1)C2)c1ccccc1. The molecule has 0 saturated heterocycles. The van der Waals surface area contributed by atoms with Gasteiger partial charge in [-0.05, 0) is 50.4 Å². The molecule has 4 aliphatic carbocycles. The number of ketones is 1. The molecule has 4 fully saturated rings. The van der Waals surface area contributed by atoms with Gasteiger partial charge in [-0.15, -0.1) is 0 Å². The zero-order valence-electron chi connectivity index (χ0n) is 16.4. The minimum atomic E-state index is -0.898. The van der Waals surface area contributed by atoms with Crippen LogP contribution in [0.5, 0.6) is 0 Å². The molecular formula is C25H25BrO3. The first-order valence-electron chi connectivity index (χ1n) is 10.5. The minimum absolute atomic E-state index is 0.0712. The number of rotatable bonds is 5. The summed E-state index contributed by atoms with van der Waals surface area (Å²) in [6.45, 7) is 0. The molecule has 4 bridgehead atoms. The summed E-state index contributed by atoms with van der Waals surface area (Å²) in [5, 5.41) is 0. The average Bonchev–Trinajstić information content (AvgIpc) is 2.71. The van der Waals surface area contributed by atoms with Crippen molar-refractivity contribution in [3.05, 3.63) is 71.8 Å². The highest BCUT2D eigenvalue weighted by Crippen LogP contribution is 2.64. The van der Waals surface area contributed by atoms with Crippen LogP contribution in [0.15, 0.2) is 60.7 Å². The van der Waals surface area contributed by atoms with E-state index in [4.69, 9.17) is 4.74 Å². The summed E-state index contributed by atoms with van der Waals surface area (Å²) >= 11 is 3.96. The van der Waals surface area contributed by atoms with E-state index in [1.165, 1.54) is 6.42 Å². The van der Waals surface area contributed by atoms with E-state index in [9.17, 15) is 9.59 Å². The monoisotopic (exact) mass is 452 g/mol. The Morgan fingerprint density at radius 2 is 1.48 bits per heavy atom. The molecule has 2 unspecified atom stereocenters. The van der Waals surface area contributed by atoms with Gasteiger partial charge in [0.25, 0.3) is 0 Å². The number of halogens is 1. The fourth-order valence-corrected chi connectivity index (χ4v) is 7.73. The summed E-state index contributed by atoms with van der Waals surface area (Å²) in [7, 11) is 0. The average molecular weight is 453 g/mol. The van der Waals surface area contributed by atoms with Crippen molar-refractivity contribution in [2.75, 3.05) is 0 Å². The molecule has 0 spiro atoms. The summed E-state index contributed by atoms with van der Waals surface area (Å²) in [6, 6.07) is 18.5. The molecule has 2 aromatic rings. The standard InChI is InChI=1S/C25H25BrO3/c26-25-14-17-11-18(15-25)13-24(12-17,16-25)23(28)29-22(20-9-5-2-6-10-20)21(27)19-7-3-1-4-8-19/h1-10,17-18,22H,11-16H2/t17-,18+,22-,24?,25?/m1/s1. The van der Waals surface area contributed by atoms with Crippen LogP contribution in [0.3, 0.4) is 0 Å². The number of carbonyl (C=O) groups excluding carboxylic acids is 2. The van der Waals surface area contributed by atoms with Crippen molar-refractivity contribution in [2.45, 2.75) is 49.0 Å². The molecule has 6 rings (SSSR count). The number of hydrogen-bond acceptors (Lipinski definition) is 3. The van der Waals surface area contributed by atoms with Crippen LogP contribution < -0.4 is 0 Å². The molecule has 2 aromatic carbocycles. The zero-order chi connectivity index (χ0) is 20.1. The van der Waals surface area contributed by atoms with Crippen molar-refractivity contribution in [1.82, 2.24) is 0 Å². The van der Waals surface area contributed by atoms with Gasteiger partial charge in [0, 0.05) is 15.5 Å². The van der Waals surface area contributed by atoms with Crippen LogP contribution in [-0.2, 0) is 9.53 Å². The molecule has 0 N–H and O–H groups in total. The van der Waals surface area contributed by atoms with Gasteiger partial charge in [0.2, 0.25) is 5.78 Å². The highest BCUT2D eigenvalue weighted by atomic mass is 79.9. The lowest BCUT2D eigenvalue weighted by atomic mass is 9.49. The molecule has 4 heteroatoms. The lowest BCUT2D eigenvalue weighted by molar-refractivity contribution is -0.173. The number of alkyl halides is 1. The summed E-state index contributed by atoms with van der Waals surface area (Å²) in [6.07, 6.45) is 5.27. The Balaban J connectivity index is 1.45. The molecule has 0 amide bonds. The third kappa shape index (κ3) is 3.46. The number of carbonyl (C=O) groups is 2. The number of esters is 1. The summed E-state index contributed by atoms with van der Waals surface area (Å²) in [5.41, 5.74) is 0.849. The van der Waals surface area contributed by atoms with Gasteiger partial charge in [-0.1, -0.05) is 76.6 Å². The molecule has 5 atom stereocenters. The van der Waals surface area contributed by atoms with E-state index < -0.39 is 11.5 Å². The summed E-state index contributed by atoms with van der Waals surface area (Å²) < 4.78 is 6.14. The smallest absolute Gasteiger partial charge is 0.313 e. The quantitative estimate of drug-likeness (QED) is 0.322. The van der Waals surface area contributed by atoms with Gasteiger partial charge in [0.15, 0.2) is 6.10 Å². The first-order chi connectivity index (χ1) is 14.0. The van der Waals surface area contributed by atoms with E-state index in [2.05, 4.69) is 15.9 Å². The molecular weight excluding hydrogens is 428 g/mol. The Kier molecular flexibility index (Phi) is 4.65. The Bertz CT molecular complexity index is 910. The van der Waals surface area contributed by atoms with Crippen LogP contribution in [0.2, 0.25) is 0 Å². The van der Waals surface area contributed by atoms with Crippen LogP contribution in [0.4, 0.5) is 0 Å². The molecule has 4 aliphatic rings. The van der Waals surface area contributed by atoms with Gasteiger partial charge in [0.1, 0.15) is 0 Å². The highest BCUT2D eigenvalue weighted by molar-refractivity contribution is 9.10. The second kappa shape index (κ2) is 7.09. The van der Waals surface area contributed by atoms with Gasteiger partial charge in [0.05, 0.1) is 5.41 Å². The lowest BCUT2D eigenvalue weighted by Gasteiger charge is -2.59. The predicted molar refractivity (Wildman–Crippen MR) is 115 cm³/mol. The van der Waals surface area contributed by atoms with E-state index in [0.717, 1.165) is 37.7 Å². The number of hydrogen-bond donors (Lipinski definition) is 0. The normalized spacial score (nSPS) is 33.3. The van der Waals surface area contributed by atoms with E-state index >= 15 is 0 Å². The van der Waals surface area contributed by atoms with E-state index in [1.54, 1.807) is 12.1 Å². The molecule has 0 heterocycles. The number of benzene rings is 2. The predicted octanol–water partition coefficient (Wildman–Crippen LogP) is 5.89. The summed E-state index contributed by atoms with van der Waals surface area (Å²) in [5.74, 6) is 0.823. The first kappa shape index (κ1) is 19.0. The maximum Gasteiger partial charge on any atom is 0.313 e. The van der Waals surface area contributed by atoms with Crippen LogP contribution in [0.1, 0.15) is 60.6 Å². The number of ether oxygens (including phenoxy) is 1. The topological polar surface area (TPSA) is 43.4 Å². The van der Waals surface area contributed by atoms with Crippen molar-refractivity contribution in [3.8, 4) is 0 Å². The van der Waals surface area contributed by atoms with Crippen molar-refractivity contribution >= 4 is 27.7 Å². The van der Waals surface area contributed by atoms with Gasteiger partial charge < -0.3 is 4.74 Å². The Hall–Kier alpha value is -1.94. The van der Waals surface area contributed by atoms with Crippen LogP contribution >= 0.6 is 15.9 Å². The molecule has 0 aromatic heterocycles. The van der Waals surface area contributed by atoms with Gasteiger partial charge >= 0.3 is 5.97 Å². The van der Waals surface area contributed by atoms with Crippen molar-refractivity contribution in [2.24, 2.45) is 17.3 Å². The lowest BCUT2D eigenvalue weighted by Crippen LogP contribution is -2.56. The highest BCUT2D eigenvalue weighted by Gasteiger charge is 2.60. The van der Waals surface area contributed by atoms with Crippen molar-refractivity contribution in [3.63, 3.8) is 0 Å². The van der Waals surface area contributed by atoms with Gasteiger partial charge in [-0.3, -0.25) is 9.59 Å². The second-order valence-corrected chi connectivity index (χ2v) is 11.0. The van der Waals surface area contributed by atoms with E-state index in [1.807, 2.05) is 48.5 Å². The fraction of sp³-hybridized carbons (Fsp3) is 0.440. The molecule has 0 radical (unpaired) electrons. The second-order valence-electron chi connectivity index (χ2n) is 9.32. The largest absolute Gasteiger partial charge is 0.449 e. The van der Waals surface area contributed by atoms with Crippen LogP contribution in [0, 0.1) is 17.3 Å². The Labute approximate surface area is 180 Å². The van der Waals surface area contributed by atoms with E-state index in [-0.39, 0.29) is 16.1 Å². The van der Waals surface area contributed by atoms with Gasteiger partial charge in [-0.2, -0.15) is 0 Å². The fourth-order valence-electron chi connectivity index (χ4n) is 6.28.